The second-order valence-corrected chi connectivity index (χ2v) is 6.95. The summed E-state index contributed by atoms with van der Waals surface area (Å²) in [7, 11) is 0. The molecule has 0 amide bonds. The average Bonchev–Trinajstić information content (AvgIpc) is 2.27. The number of aryl methyl sites for hydroxylation is 2. The highest BCUT2D eigenvalue weighted by Gasteiger charge is 2.52. The third-order valence-corrected chi connectivity index (χ3v) is 5.09. The number of hydrogen-bond donors (Lipinski definition) is 1. The molecule has 2 aliphatic rings. The molecule has 18 heavy (non-hydrogen) atoms. The van der Waals surface area contributed by atoms with E-state index in [1.807, 2.05) is 0 Å². The predicted molar refractivity (Wildman–Crippen MR) is 76.5 cm³/mol. The molecule has 2 fully saturated rings. The Hall–Kier alpha value is -0.820. The molecular formula is C17H25N. The van der Waals surface area contributed by atoms with Gasteiger partial charge in [0.2, 0.25) is 0 Å². The van der Waals surface area contributed by atoms with Gasteiger partial charge in [0, 0.05) is 5.54 Å². The van der Waals surface area contributed by atoms with Gasteiger partial charge < -0.3 is 5.73 Å². The molecule has 0 radical (unpaired) electrons. The van der Waals surface area contributed by atoms with Gasteiger partial charge in [-0.15, -0.1) is 0 Å². The number of rotatable bonds is 1. The Bertz CT molecular complexity index is 426. The van der Waals surface area contributed by atoms with E-state index in [-0.39, 0.29) is 5.54 Å². The quantitative estimate of drug-likeness (QED) is 0.786. The summed E-state index contributed by atoms with van der Waals surface area (Å²) in [6, 6.07) is 6.83. The summed E-state index contributed by atoms with van der Waals surface area (Å²) in [6.45, 7) is 4.35. The van der Waals surface area contributed by atoms with Crippen molar-refractivity contribution in [3.63, 3.8) is 0 Å². The molecule has 0 heterocycles. The Kier molecular flexibility index (Phi) is 2.78. The minimum Gasteiger partial charge on any atom is -0.321 e. The largest absolute Gasteiger partial charge is 0.321 e. The van der Waals surface area contributed by atoms with Crippen LogP contribution in [-0.4, -0.2) is 0 Å². The van der Waals surface area contributed by atoms with Crippen LogP contribution in [0.15, 0.2) is 18.2 Å². The lowest BCUT2D eigenvalue weighted by atomic mass is 9.51. The van der Waals surface area contributed by atoms with Crippen LogP contribution in [0.4, 0.5) is 0 Å². The van der Waals surface area contributed by atoms with Crippen molar-refractivity contribution >= 4 is 0 Å². The second kappa shape index (κ2) is 4.09. The molecule has 1 aromatic carbocycles. The van der Waals surface area contributed by atoms with E-state index in [9.17, 15) is 0 Å². The lowest BCUT2D eigenvalue weighted by Crippen LogP contribution is -2.56. The van der Waals surface area contributed by atoms with Gasteiger partial charge >= 0.3 is 0 Å². The third kappa shape index (κ3) is 1.99. The van der Waals surface area contributed by atoms with Crippen molar-refractivity contribution in [2.75, 3.05) is 0 Å². The maximum Gasteiger partial charge on any atom is 0.0420 e. The van der Waals surface area contributed by atoms with Gasteiger partial charge in [0.25, 0.3) is 0 Å². The summed E-state index contributed by atoms with van der Waals surface area (Å²) in [5.41, 5.74) is 11.3. The van der Waals surface area contributed by atoms with E-state index < -0.39 is 0 Å². The van der Waals surface area contributed by atoms with Gasteiger partial charge in [-0.2, -0.15) is 0 Å². The summed E-state index contributed by atoms with van der Waals surface area (Å²) in [5, 5.41) is 0. The van der Waals surface area contributed by atoms with E-state index in [0.29, 0.717) is 5.41 Å². The van der Waals surface area contributed by atoms with Crippen molar-refractivity contribution in [1.29, 1.82) is 0 Å². The summed E-state index contributed by atoms with van der Waals surface area (Å²) < 4.78 is 0. The summed E-state index contributed by atoms with van der Waals surface area (Å²) in [4.78, 5) is 0. The van der Waals surface area contributed by atoms with Gasteiger partial charge in [-0.1, -0.05) is 48.6 Å². The van der Waals surface area contributed by atoms with Crippen LogP contribution >= 0.6 is 0 Å². The first-order valence-corrected chi connectivity index (χ1v) is 7.39. The summed E-state index contributed by atoms with van der Waals surface area (Å²) >= 11 is 0. The van der Waals surface area contributed by atoms with Crippen LogP contribution in [0.2, 0.25) is 0 Å². The summed E-state index contributed by atoms with van der Waals surface area (Å²) in [6.07, 6.45) is 9.52. The van der Waals surface area contributed by atoms with E-state index >= 15 is 0 Å². The van der Waals surface area contributed by atoms with E-state index in [4.69, 9.17) is 5.73 Å². The maximum atomic E-state index is 6.67. The lowest BCUT2D eigenvalue weighted by Gasteiger charge is -2.57. The monoisotopic (exact) mass is 243 g/mol. The Morgan fingerprint density at radius 1 is 0.889 bits per heavy atom. The van der Waals surface area contributed by atoms with Crippen LogP contribution in [-0.2, 0) is 5.54 Å². The molecule has 1 heteroatoms. The van der Waals surface area contributed by atoms with Gasteiger partial charge in [0.1, 0.15) is 0 Å². The van der Waals surface area contributed by atoms with Crippen LogP contribution in [0.5, 0.6) is 0 Å². The first-order valence-electron chi connectivity index (χ1n) is 7.39. The van der Waals surface area contributed by atoms with Crippen molar-refractivity contribution in [2.45, 2.75) is 64.3 Å². The number of hydrogen-bond acceptors (Lipinski definition) is 1. The normalized spacial score (nSPS) is 24.8. The number of benzene rings is 1. The SMILES string of the molecule is Cc1cc(C)cc(C2(N)CC3(CCCCC3)C2)c1. The molecule has 3 rings (SSSR count). The molecule has 0 aliphatic heterocycles. The molecule has 2 aliphatic carbocycles. The lowest BCUT2D eigenvalue weighted by molar-refractivity contribution is -0.00995. The van der Waals surface area contributed by atoms with Crippen LogP contribution in [0.1, 0.15) is 61.6 Å². The van der Waals surface area contributed by atoms with E-state index in [2.05, 4.69) is 32.0 Å². The molecule has 0 atom stereocenters. The van der Waals surface area contributed by atoms with Crippen molar-refractivity contribution in [3.05, 3.63) is 34.9 Å². The van der Waals surface area contributed by atoms with Crippen molar-refractivity contribution in [2.24, 2.45) is 11.1 Å². The molecule has 1 nitrogen and oxygen atoms in total. The Balaban J connectivity index is 1.81. The van der Waals surface area contributed by atoms with E-state index in [1.54, 1.807) is 0 Å². The van der Waals surface area contributed by atoms with Gasteiger partial charge in [-0.05, 0) is 50.5 Å². The minimum atomic E-state index is -0.0336. The second-order valence-electron chi connectivity index (χ2n) is 6.95. The summed E-state index contributed by atoms with van der Waals surface area (Å²) in [5.74, 6) is 0. The minimum absolute atomic E-state index is 0.0336. The van der Waals surface area contributed by atoms with Crippen molar-refractivity contribution in [1.82, 2.24) is 0 Å². The van der Waals surface area contributed by atoms with Crippen molar-refractivity contribution < 1.29 is 0 Å². The fraction of sp³-hybridized carbons (Fsp3) is 0.647. The molecule has 0 saturated heterocycles. The zero-order valence-electron chi connectivity index (χ0n) is 11.8. The average molecular weight is 243 g/mol. The molecule has 0 bridgehead atoms. The van der Waals surface area contributed by atoms with Crippen molar-refractivity contribution in [3.8, 4) is 0 Å². The standard InChI is InChI=1S/C17H25N/c1-13-8-14(2)10-15(9-13)17(18)11-16(12-17)6-4-3-5-7-16/h8-10H,3-7,11-12,18H2,1-2H3. The topological polar surface area (TPSA) is 26.0 Å². The highest BCUT2D eigenvalue weighted by molar-refractivity contribution is 5.36. The maximum absolute atomic E-state index is 6.67. The molecule has 2 saturated carbocycles. The number of nitrogens with two attached hydrogens (primary N) is 1. The van der Waals surface area contributed by atoms with Gasteiger partial charge in [0.15, 0.2) is 0 Å². The van der Waals surface area contributed by atoms with E-state index in [1.165, 1.54) is 61.6 Å². The Morgan fingerprint density at radius 3 is 2.00 bits per heavy atom. The van der Waals surface area contributed by atoms with Gasteiger partial charge in [0.05, 0.1) is 0 Å². The zero-order valence-corrected chi connectivity index (χ0v) is 11.8. The smallest absolute Gasteiger partial charge is 0.0420 e. The zero-order chi connectivity index (χ0) is 12.8. The van der Waals surface area contributed by atoms with Gasteiger partial charge in [-0.25, -0.2) is 0 Å². The van der Waals surface area contributed by atoms with E-state index in [0.717, 1.165) is 0 Å². The molecule has 0 unspecified atom stereocenters. The fourth-order valence-electron chi connectivity index (χ4n) is 4.41. The molecular weight excluding hydrogens is 218 g/mol. The molecule has 2 N–H and O–H groups in total. The highest BCUT2D eigenvalue weighted by Crippen LogP contribution is 2.59. The molecule has 0 aromatic heterocycles. The van der Waals surface area contributed by atoms with Crippen LogP contribution in [0.25, 0.3) is 0 Å². The van der Waals surface area contributed by atoms with Crippen LogP contribution in [0, 0.1) is 19.3 Å². The van der Waals surface area contributed by atoms with Crippen LogP contribution < -0.4 is 5.73 Å². The Morgan fingerprint density at radius 2 is 1.44 bits per heavy atom. The first-order chi connectivity index (χ1) is 8.51. The molecule has 98 valence electrons. The first kappa shape index (κ1) is 12.2. The third-order valence-electron chi connectivity index (χ3n) is 5.09. The van der Waals surface area contributed by atoms with Crippen LogP contribution in [0.3, 0.4) is 0 Å². The predicted octanol–water partition coefficient (Wildman–Crippen LogP) is 4.20. The van der Waals surface area contributed by atoms with Gasteiger partial charge in [-0.3, -0.25) is 0 Å². The Labute approximate surface area is 111 Å². The fourth-order valence-corrected chi connectivity index (χ4v) is 4.41. The molecule has 1 aromatic rings. The highest BCUT2D eigenvalue weighted by atomic mass is 14.8. The molecule has 1 spiro atoms.